The molecule has 0 amide bonds. The Kier molecular flexibility index (Phi) is 5.72. The third kappa shape index (κ3) is 4.29. The van der Waals surface area contributed by atoms with Crippen molar-refractivity contribution in [1.82, 2.24) is 14.5 Å². The smallest absolute Gasteiger partial charge is 0.306 e. The minimum absolute atomic E-state index is 0.0735. The Labute approximate surface area is 187 Å². The summed E-state index contributed by atoms with van der Waals surface area (Å²) in [5.41, 5.74) is 2.44. The number of Topliss-reactive ketones (excluding diaryl/α,β-unsaturated/α-hetero) is 1. The highest BCUT2D eigenvalue weighted by Gasteiger charge is 2.43. The zero-order valence-corrected chi connectivity index (χ0v) is 18.5. The first kappa shape index (κ1) is 21.1. The zero-order valence-electron chi connectivity index (χ0n) is 18.5. The third-order valence-electron chi connectivity index (χ3n) is 7.15. The molecule has 2 aromatic carbocycles. The maximum absolute atomic E-state index is 13.7. The van der Waals surface area contributed by atoms with Gasteiger partial charge in [0.15, 0.2) is 0 Å². The maximum Gasteiger partial charge on any atom is 0.326 e. The van der Waals surface area contributed by atoms with E-state index < -0.39 is 0 Å². The number of rotatable bonds is 7. The second-order valence-corrected chi connectivity index (χ2v) is 9.63. The van der Waals surface area contributed by atoms with Crippen LogP contribution in [0.2, 0.25) is 0 Å². The van der Waals surface area contributed by atoms with Gasteiger partial charge < -0.3 is 9.88 Å². The predicted molar refractivity (Wildman–Crippen MR) is 123 cm³/mol. The van der Waals surface area contributed by atoms with E-state index in [1.807, 2.05) is 18.2 Å². The number of carbonyl (C=O) groups is 1. The normalized spacial score (nSPS) is 22.8. The molecule has 0 bridgehead atoms. The van der Waals surface area contributed by atoms with Crippen LogP contribution in [0, 0.1) is 17.7 Å². The van der Waals surface area contributed by atoms with Gasteiger partial charge in [-0.2, -0.15) is 0 Å². The fourth-order valence-electron chi connectivity index (χ4n) is 5.44. The molecule has 3 atom stereocenters. The van der Waals surface area contributed by atoms with Gasteiger partial charge in [0.05, 0.1) is 11.0 Å². The lowest BCUT2D eigenvalue weighted by Gasteiger charge is -2.34. The summed E-state index contributed by atoms with van der Waals surface area (Å²) in [7, 11) is 0. The van der Waals surface area contributed by atoms with Crippen LogP contribution < -0.4 is 5.69 Å². The maximum atomic E-state index is 13.7. The number of ketones is 1. The second-order valence-electron chi connectivity index (χ2n) is 9.63. The Hall–Kier alpha value is -2.73. The number of benzene rings is 2. The zero-order chi connectivity index (χ0) is 22.2. The summed E-state index contributed by atoms with van der Waals surface area (Å²) in [6, 6.07) is 14.9. The minimum atomic E-state index is -0.327. The Morgan fingerprint density at radius 1 is 1.16 bits per heavy atom. The largest absolute Gasteiger partial charge is 0.326 e. The number of imidazole rings is 1. The van der Waals surface area contributed by atoms with Gasteiger partial charge in [-0.15, -0.1) is 0 Å². The van der Waals surface area contributed by atoms with E-state index in [0.29, 0.717) is 35.1 Å². The molecule has 3 aromatic rings. The molecule has 2 heterocycles. The van der Waals surface area contributed by atoms with Gasteiger partial charge in [0, 0.05) is 38.0 Å². The highest BCUT2D eigenvalue weighted by Crippen LogP contribution is 2.48. The van der Waals surface area contributed by atoms with Crippen molar-refractivity contribution < 1.29 is 9.18 Å². The molecule has 168 valence electrons. The van der Waals surface area contributed by atoms with E-state index in [1.165, 1.54) is 17.7 Å². The lowest BCUT2D eigenvalue weighted by atomic mass is 9.97. The molecule has 1 aliphatic heterocycles. The van der Waals surface area contributed by atoms with Crippen molar-refractivity contribution in [3.8, 4) is 0 Å². The number of piperidine rings is 1. The lowest BCUT2D eigenvalue weighted by Crippen LogP contribution is -2.39. The van der Waals surface area contributed by atoms with Gasteiger partial charge in [-0.25, -0.2) is 9.18 Å². The van der Waals surface area contributed by atoms with Crippen LogP contribution in [-0.4, -0.2) is 39.9 Å². The van der Waals surface area contributed by atoms with Crippen LogP contribution >= 0.6 is 0 Å². The molecule has 1 saturated carbocycles. The van der Waals surface area contributed by atoms with Gasteiger partial charge in [-0.1, -0.05) is 37.3 Å². The summed E-state index contributed by atoms with van der Waals surface area (Å²) in [6.45, 7) is 4.83. The fourth-order valence-corrected chi connectivity index (χ4v) is 5.44. The van der Waals surface area contributed by atoms with Crippen molar-refractivity contribution in [3.05, 3.63) is 70.4 Å². The number of aromatic amines is 1. The quantitative estimate of drug-likeness (QED) is 0.594. The molecule has 2 aliphatic rings. The van der Waals surface area contributed by atoms with E-state index in [2.05, 4.69) is 28.9 Å². The number of aromatic nitrogens is 2. The molecule has 5 rings (SSSR count). The molecule has 32 heavy (non-hydrogen) atoms. The molecule has 0 spiro atoms. The summed E-state index contributed by atoms with van der Waals surface area (Å²) < 4.78 is 15.4. The Morgan fingerprint density at radius 3 is 2.66 bits per heavy atom. The van der Waals surface area contributed by atoms with Crippen molar-refractivity contribution in [2.45, 2.75) is 44.6 Å². The SMILES string of the molecule is C[C@H](CC(=O)[C@@H]1C[C@H]1c1ccccc1)CN1CCC(n2c(=O)[nH]c3ccc(F)cc32)CC1. The van der Waals surface area contributed by atoms with E-state index in [-0.39, 0.29) is 23.5 Å². The van der Waals surface area contributed by atoms with Gasteiger partial charge in [0.2, 0.25) is 0 Å². The number of likely N-dealkylation sites (tertiary alicyclic amines) is 1. The number of nitrogens with zero attached hydrogens (tertiary/aromatic N) is 2. The molecule has 5 nitrogen and oxygen atoms in total. The van der Waals surface area contributed by atoms with Crippen LogP contribution in [-0.2, 0) is 4.79 Å². The standard InChI is InChI=1S/C26H30FN3O2/c1-17(13-25(31)22-15-21(22)18-5-3-2-4-6-18)16-29-11-9-20(10-12-29)30-24-14-19(27)7-8-23(24)28-26(30)32/h2-8,14,17,20-22H,9-13,15-16H2,1H3,(H,28,32)/t17-,21+,22-/m1/s1. The van der Waals surface area contributed by atoms with E-state index in [0.717, 1.165) is 38.9 Å². The van der Waals surface area contributed by atoms with Crippen LogP contribution in [0.4, 0.5) is 4.39 Å². The molecular formula is C26H30FN3O2. The molecule has 1 saturated heterocycles. The van der Waals surface area contributed by atoms with Gasteiger partial charge in [0.1, 0.15) is 11.6 Å². The Bertz CT molecular complexity index is 1160. The summed E-state index contributed by atoms with van der Waals surface area (Å²) >= 11 is 0. The number of carbonyl (C=O) groups excluding carboxylic acids is 1. The molecule has 1 aromatic heterocycles. The first-order chi connectivity index (χ1) is 15.5. The first-order valence-corrected chi connectivity index (χ1v) is 11.7. The summed E-state index contributed by atoms with van der Waals surface area (Å²) in [5.74, 6) is 0.992. The average molecular weight is 436 g/mol. The Morgan fingerprint density at radius 2 is 1.91 bits per heavy atom. The fraction of sp³-hybridized carbons (Fsp3) is 0.462. The van der Waals surface area contributed by atoms with E-state index in [4.69, 9.17) is 0 Å². The van der Waals surface area contributed by atoms with E-state index in [1.54, 1.807) is 10.6 Å². The van der Waals surface area contributed by atoms with Crippen LogP contribution in [0.1, 0.15) is 50.1 Å². The minimum Gasteiger partial charge on any atom is -0.306 e. The number of nitrogens with one attached hydrogen (secondary N) is 1. The topological polar surface area (TPSA) is 58.1 Å². The third-order valence-corrected chi connectivity index (χ3v) is 7.15. The van der Waals surface area contributed by atoms with Crippen molar-refractivity contribution in [1.29, 1.82) is 0 Å². The lowest BCUT2D eigenvalue weighted by molar-refractivity contribution is -0.121. The number of hydrogen-bond donors (Lipinski definition) is 1. The molecule has 2 fully saturated rings. The highest BCUT2D eigenvalue weighted by atomic mass is 19.1. The number of halogens is 1. The summed E-state index contributed by atoms with van der Waals surface area (Å²) in [5, 5.41) is 0. The number of hydrogen-bond acceptors (Lipinski definition) is 3. The van der Waals surface area contributed by atoms with Gasteiger partial charge in [-0.05, 0) is 54.9 Å². The van der Waals surface area contributed by atoms with Crippen molar-refractivity contribution in [3.63, 3.8) is 0 Å². The molecular weight excluding hydrogens is 405 g/mol. The molecule has 0 unspecified atom stereocenters. The van der Waals surface area contributed by atoms with Crippen molar-refractivity contribution >= 4 is 16.8 Å². The Balaban J connectivity index is 1.13. The van der Waals surface area contributed by atoms with Crippen LogP contribution in [0.5, 0.6) is 0 Å². The first-order valence-electron chi connectivity index (χ1n) is 11.7. The van der Waals surface area contributed by atoms with E-state index in [9.17, 15) is 14.0 Å². The molecule has 1 aliphatic carbocycles. The monoisotopic (exact) mass is 435 g/mol. The number of H-pyrrole nitrogens is 1. The average Bonchev–Trinajstić information content (AvgIpc) is 3.52. The van der Waals surface area contributed by atoms with Gasteiger partial charge >= 0.3 is 5.69 Å². The van der Waals surface area contributed by atoms with Gasteiger partial charge in [-0.3, -0.25) is 9.36 Å². The van der Waals surface area contributed by atoms with Crippen LogP contribution in [0.3, 0.4) is 0 Å². The number of fused-ring (bicyclic) bond motifs is 1. The van der Waals surface area contributed by atoms with E-state index >= 15 is 0 Å². The molecule has 0 radical (unpaired) electrons. The van der Waals surface area contributed by atoms with Crippen molar-refractivity contribution in [2.75, 3.05) is 19.6 Å². The van der Waals surface area contributed by atoms with Crippen molar-refractivity contribution in [2.24, 2.45) is 11.8 Å². The van der Waals surface area contributed by atoms with Crippen LogP contribution in [0.15, 0.2) is 53.3 Å². The summed E-state index contributed by atoms with van der Waals surface area (Å²) in [4.78, 5) is 30.4. The molecule has 1 N–H and O–H groups in total. The van der Waals surface area contributed by atoms with Crippen LogP contribution in [0.25, 0.3) is 11.0 Å². The second kappa shape index (κ2) is 8.66. The summed E-state index contributed by atoms with van der Waals surface area (Å²) in [6.07, 6.45) is 3.32. The molecule has 6 heteroatoms. The predicted octanol–water partition coefficient (Wildman–Crippen LogP) is 4.50. The highest BCUT2D eigenvalue weighted by molar-refractivity contribution is 5.85. The van der Waals surface area contributed by atoms with Gasteiger partial charge in [0.25, 0.3) is 0 Å².